The first-order chi connectivity index (χ1) is 12.9. The maximum Gasteiger partial charge on any atom is 0.225 e. The molecular formula is C22H41N3O2. The minimum atomic E-state index is 0.0827. The van der Waals surface area contributed by atoms with E-state index >= 15 is 0 Å². The molecule has 0 aromatic carbocycles. The number of nitrogens with zero attached hydrogens (tertiary/aromatic N) is 3. The Hall–Kier alpha value is -0.650. The zero-order valence-corrected chi connectivity index (χ0v) is 18.0. The molecule has 0 unspecified atom stereocenters. The van der Waals surface area contributed by atoms with Crippen LogP contribution in [0.25, 0.3) is 0 Å². The van der Waals surface area contributed by atoms with Crippen LogP contribution in [0.3, 0.4) is 0 Å². The number of carbonyl (C=O) groups is 1. The Balaban J connectivity index is 1.39. The fourth-order valence-corrected chi connectivity index (χ4v) is 5.10. The van der Waals surface area contributed by atoms with E-state index in [-0.39, 0.29) is 17.9 Å². The van der Waals surface area contributed by atoms with Gasteiger partial charge in [-0.05, 0) is 63.7 Å². The van der Waals surface area contributed by atoms with Crippen LogP contribution in [0.5, 0.6) is 0 Å². The second-order valence-electron chi connectivity index (χ2n) is 9.58. The number of rotatable bonds is 5. The molecule has 3 aliphatic rings. The van der Waals surface area contributed by atoms with Gasteiger partial charge in [-0.2, -0.15) is 0 Å². The van der Waals surface area contributed by atoms with Crippen molar-refractivity contribution in [2.24, 2.45) is 17.8 Å². The average molecular weight is 380 g/mol. The van der Waals surface area contributed by atoms with Crippen molar-refractivity contribution in [1.29, 1.82) is 0 Å². The van der Waals surface area contributed by atoms with Gasteiger partial charge in [0.1, 0.15) is 0 Å². The molecular weight excluding hydrogens is 338 g/mol. The van der Waals surface area contributed by atoms with Crippen LogP contribution in [0.4, 0.5) is 0 Å². The first-order valence-electron chi connectivity index (χ1n) is 11.3. The highest BCUT2D eigenvalue weighted by atomic mass is 16.5. The van der Waals surface area contributed by atoms with Crippen LogP contribution < -0.4 is 0 Å². The van der Waals surface area contributed by atoms with E-state index < -0.39 is 0 Å². The van der Waals surface area contributed by atoms with Crippen molar-refractivity contribution in [2.75, 3.05) is 52.4 Å². The summed E-state index contributed by atoms with van der Waals surface area (Å²) in [6, 6.07) is 0.778. The fourth-order valence-electron chi connectivity index (χ4n) is 5.10. The SMILES string of the molecule is CC(C)C(=O)N1CCO[C@H](CN2CCC(N3CCC(C(C)C)CC3)CC2)C1. The van der Waals surface area contributed by atoms with E-state index in [1.54, 1.807) is 0 Å². The predicted molar refractivity (Wildman–Crippen MR) is 110 cm³/mol. The lowest BCUT2D eigenvalue weighted by Gasteiger charge is -2.43. The Bertz CT molecular complexity index is 466. The lowest BCUT2D eigenvalue weighted by Crippen LogP contribution is -2.53. The molecule has 3 fully saturated rings. The molecule has 27 heavy (non-hydrogen) atoms. The predicted octanol–water partition coefficient (Wildman–Crippen LogP) is 2.70. The van der Waals surface area contributed by atoms with Gasteiger partial charge in [0.25, 0.3) is 0 Å². The monoisotopic (exact) mass is 379 g/mol. The van der Waals surface area contributed by atoms with Crippen molar-refractivity contribution in [1.82, 2.24) is 14.7 Å². The van der Waals surface area contributed by atoms with Gasteiger partial charge in [-0.15, -0.1) is 0 Å². The average Bonchev–Trinajstić information content (AvgIpc) is 2.68. The summed E-state index contributed by atoms with van der Waals surface area (Å²) < 4.78 is 5.97. The van der Waals surface area contributed by atoms with Crippen LogP contribution in [0.15, 0.2) is 0 Å². The minimum Gasteiger partial charge on any atom is -0.373 e. The third kappa shape index (κ3) is 5.68. The molecule has 5 nitrogen and oxygen atoms in total. The first kappa shape index (κ1) is 21.1. The van der Waals surface area contributed by atoms with Crippen LogP contribution in [0.1, 0.15) is 53.4 Å². The maximum absolute atomic E-state index is 12.3. The Morgan fingerprint density at radius 2 is 1.63 bits per heavy atom. The van der Waals surface area contributed by atoms with Crippen LogP contribution in [-0.2, 0) is 9.53 Å². The zero-order chi connectivity index (χ0) is 19.4. The largest absolute Gasteiger partial charge is 0.373 e. The number of hydrogen-bond acceptors (Lipinski definition) is 4. The smallest absolute Gasteiger partial charge is 0.225 e. The Labute approximate surface area is 166 Å². The topological polar surface area (TPSA) is 36.0 Å². The van der Waals surface area contributed by atoms with Gasteiger partial charge < -0.3 is 19.4 Å². The van der Waals surface area contributed by atoms with E-state index in [2.05, 4.69) is 23.6 Å². The summed E-state index contributed by atoms with van der Waals surface area (Å²) in [7, 11) is 0. The lowest BCUT2D eigenvalue weighted by atomic mass is 9.85. The normalized spacial score (nSPS) is 27.6. The number of amides is 1. The number of likely N-dealkylation sites (tertiary alicyclic amines) is 2. The number of morpholine rings is 1. The van der Waals surface area contributed by atoms with Gasteiger partial charge >= 0.3 is 0 Å². The second-order valence-corrected chi connectivity index (χ2v) is 9.58. The van der Waals surface area contributed by atoms with Gasteiger partial charge in [0, 0.05) is 31.6 Å². The standard InChI is InChI=1S/C22H41N3O2/c1-17(2)19-5-11-24(12-6-19)20-7-9-23(10-8-20)15-21-16-25(13-14-27-21)22(26)18(3)4/h17-21H,5-16H2,1-4H3/t21-/m1/s1. The highest BCUT2D eigenvalue weighted by Crippen LogP contribution is 2.28. The van der Waals surface area contributed by atoms with Crippen LogP contribution >= 0.6 is 0 Å². The Morgan fingerprint density at radius 3 is 2.22 bits per heavy atom. The molecule has 0 bridgehead atoms. The molecule has 3 heterocycles. The minimum absolute atomic E-state index is 0.0827. The first-order valence-corrected chi connectivity index (χ1v) is 11.3. The van der Waals surface area contributed by atoms with Gasteiger partial charge in [-0.3, -0.25) is 4.79 Å². The molecule has 1 atom stereocenters. The van der Waals surface area contributed by atoms with Gasteiger partial charge in [0.15, 0.2) is 0 Å². The third-order valence-electron chi connectivity index (χ3n) is 7.00. The van der Waals surface area contributed by atoms with Crippen molar-refractivity contribution in [3.8, 4) is 0 Å². The Morgan fingerprint density at radius 1 is 0.963 bits per heavy atom. The lowest BCUT2D eigenvalue weighted by molar-refractivity contribution is -0.142. The molecule has 0 saturated carbocycles. The van der Waals surface area contributed by atoms with Crippen molar-refractivity contribution < 1.29 is 9.53 Å². The van der Waals surface area contributed by atoms with E-state index in [9.17, 15) is 4.79 Å². The second kappa shape index (κ2) is 9.71. The molecule has 1 amide bonds. The van der Waals surface area contributed by atoms with Gasteiger partial charge in [0.2, 0.25) is 5.91 Å². The number of carbonyl (C=O) groups excluding carboxylic acids is 1. The molecule has 3 rings (SSSR count). The molecule has 5 heteroatoms. The number of ether oxygens (including phenoxy) is 1. The van der Waals surface area contributed by atoms with Gasteiger partial charge in [-0.25, -0.2) is 0 Å². The van der Waals surface area contributed by atoms with Crippen LogP contribution in [-0.4, -0.2) is 85.2 Å². The van der Waals surface area contributed by atoms with Crippen molar-refractivity contribution in [2.45, 2.75) is 65.5 Å². The molecule has 3 saturated heterocycles. The van der Waals surface area contributed by atoms with Crippen LogP contribution in [0, 0.1) is 17.8 Å². The quantitative estimate of drug-likeness (QED) is 0.736. The molecule has 0 N–H and O–H groups in total. The van der Waals surface area contributed by atoms with E-state index in [1.807, 2.05) is 18.7 Å². The van der Waals surface area contributed by atoms with E-state index in [0.29, 0.717) is 6.61 Å². The molecule has 0 aromatic rings. The molecule has 0 radical (unpaired) electrons. The molecule has 0 aliphatic carbocycles. The summed E-state index contributed by atoms with van der Waals surface area (Å²) in [5, 5.41) is 0. The Kier molecular flexibility index (Phi) is 7.57. The van der Waals surface area contributed by atoms with Crippen molar-refractivity contribution >= 4 is 5.91 Å². The summed E-state index contributed by atoms with van der Waals surface area (Å²) in [6.45, 7) is 16.8. The fraction of sp³-hybridized carbons (Fsp3) is 0.955. The molecule has 3 aliphatic heterocycles. The van der Waals surface area contributed by atoms with Gasteiger partial charge in [0.05, 0.1) is 12.7 Å². The molecule has 0 aromatic heterocycles. The van der Waals surface area contributed by atoms with Gasteiger partial charge in [-0.1, -0.05) is 27.7 Å². The number of hydrogen-bond donors (Lipinski definition) is 0. The van der Waals surface area contributed by atoms with E-state index in [1.165, 1.54) is 51.9 Å². The third-order valence-corrected chi connectivity index (χ3v) is 7.00. The number of piperidine rings is 2. The van der Waals surface area contributed by atoms with E-state index in [4.69, 9.17) is 4.74 Å². The van der Waals surface area contributed by atoms with E-state index in [0.717, 1.165) is 37.5 Å². The highest BCUT2D eigenvalue weighted by molar-refractivity contribution is 5.78. The highest BCUT2D eigenvalue weighted by Gasteiger charge is 2.31. The summed E-state index contributed by atoms with van der Waals surface area (Å²) >= 11 is 0. The zero-order valence-electron chi connectivity index (χ0n) is 18.0. The summed E-state index contributed by atoms with van der Waals surface area (Å²) in [4.78, 5) is 19.6. The summed E-state index contributed by atoms with van der Waals surface area (Å²) in [5.74, 6) is 2.12. The van der Waals surface area contributed by atoms with Crippen LogP contribution in [0.2, 0.25) is 0 Å². The molecule has 156 valence electrons. The summed E-state index contributed by atoms with van der Waals surface area (Å²) in [6.07, 6.45) is 5.52. The molecule has 0 spiro atoms. The summed E-state index contributed by atoms with van der Waals surface area (Å²) in [5.41, 5.74) is 0. The van der Waals surface area contributed by atoms with Crippen molar-refractivity contribution in [3.05, 3.63) is 0 Å². The maximum atomic E-state index is 12.3. The van der Waals surface area contributed by atoms with Crippen molar-refractivity contribution in [3.63, 3.8) is 0 Å².